The Morgan fingerprint density at radius 3 is 2.67 bits per heavy atom. The molecule has 2 heteroatoms. The van der Waals surface area contributed by atoms with E-state index < -0.39 is 0 Å². The van der Waals surface area contributed by atoms with E-state index in [9.17, 15) is 0 Å². The molecule has 0 aromatic heterocycles. The van der Waals surface area contributed by atoms with Crippen molar-refractivity contribution in [2.75, 3.05) is 20.1 Å². The fourth-order valence-corrected chi connectivity index (χ4v) is 2.80. The minimum absolute atomic E-state index is 0.764. The van der Waals surface area contributed by atoms with E-state index in [1.54, 1.807) is 0 Å². The van der Waals surface area contributed by atoms with Gasteiger partial charge in [0, 0.05) is 12.1 Å². The van der Waals surface area contributed by atoms with Crippen LogP contribution in [0.25, 0.3) is 0 Å². The molecule has 2 fully saturated rings. The Labute approximate surface area is 94.4 Å². The van der Waals surface area contributed by atoms with E-state index in [-0.39, 0.29) is 0 Å². The standard InChI is InChI=1S/C13H26N2/c1-11-10-13(14-2)7-9-15(11)8-3-4-12-5-6-12/h11-14H,3-10H2,1-2H3. The Morgan fingerprint density at radius 2 is 2.07 bits per heavy atom. The van der Waals surface area contributed by atoms with Gasteiger partial charge in [-0.1, -0.05) is 12.8 Å². The quantitative estimate of drug-likeness (QED) is 0.749. The number of nitrogens with zero attached hydrogens (tertiary/aromatic N) is 1. The van der Waals surface area contributed by atoms with Gasteiger partial charge in [-0.3, -0.25) is 0 Å². The van der Waals surface area contributed by atoms with Crippen molar-refractivity contribution in [1.82, 2.24) is 10.2 Å². The lowest BCUT2D eigenvalue weighted by Crippen LogP contribution is -2.46. The van der Waals surface area contributed by atoms with Gasteiger partial charge in [0.2, 0.25) is 0 Å². The number of nitrogens with one attached hydrogen (secondary N) is 1. The summed E-state index contributed by atoms with van der Waals surface area (Å²) in [5, 5.41) is 3.41. The zero-order valence-electron chi connectivity index (χ0n) is 10.3. The Morgan fingerprint density at radius 1 is 1.27 bits per heavy atom. The van der Waals surface area contributed by atoms with E-state index in [1.807, 2.05) is 0 Å². The molecule has 1 saturated heterocycles. The van der Waals surface area contributed by atoms with E-state index in [0.717, 1.165) is 18.0 Å². The molecule has 2 rings (SSSR count). The summed E-state index contributed by atoms with van der Waals surface area (Å²) in [6.07, 6.45) is 8.61. The summed E-state index contributed by atoms with van der Waals surface area (Å²) in [4.78, 5) is 2.69. The van der Waals surface area contributed by atoms with E-state index in [1.165, 1.54) is 51.6 Å². The molecule has 1 N–H and O–H groups in total. The Bertz CT molecular complexity index is 189. The molecule has 2 nitrogen and oxygen atoms in total. The highest BCUT2D eigenvalue weighted by Crippen LogP contribution is 2.33. The van der Waals surface area contributed by atoms with E-state index in [2.05, 4.69) is 24.2 Å². The molecule has 0 aromatic rings. The third kappa shape index (κ3) is 3.46. The van der Waals surface area contributed by atoms with Crippen LogP contribution in [0.15, 0.2) is 0 Å². The van der Waals surface area contributed by atoms with Gasteiger partial charge in [-0.05, 0) is 58.7 Å². The Hall–Kier alpha value is -0.0800. The molecule has 0 bridgehead atoms. The molecule has 2 aliphatic rings. The van der Waals surface area contributed by atoms with Gasteiger partial charge in [-0.2, -0.15) is 0 Å². The van der Waals surface area contributed by atoms with Crippen molar-refractivity contribution in [3.8, 4) is 0 Å². The third-order valence-corrected chi connectivity index (χ3v) is 4.18. The number of piperidine rings is 1. The van der Waals surface area contributed by atoms with Crippen LogP contribution in [0.5, 0.6) is 0 Å². The van der Waals surface area contributed by atoms with Crippen molar-refractivity contribution in [3.05, 3.63) is 0 Å². The smallest absolute Gasteiger partial charge is 0.00910 e. The first-order chi connectivity index (χ1) is 7.29. The SMILES string of the molecule is CNC1CCN(CCCC2CC2)C(C)C1. The number of rotatable bonds is 5. The van der Waals surface area contributed by atoms with E-state index in [4.69, 9.17) is 0 Å². The third-order valence-electron chi connectivity index (χ3n) is 4.18. The summed E-state index contributed by atoms with van der Waals surface area (Å²) in [5.74, 6) is 1.11. The van der Waals surface area contributed by atoms with Crippen LogP contribution < -0.4 is 5.32 Å². The molecule has 0 amide bonds. The van der Waals surface area contributed by atoms with Crippen molar-refractivity contribution in [1.29, 1.82) is 0 Å². The normalized spacial score (nSPS) is 33.2. The molecule has 15 heavy (non-hydrogen) atoms. The number of likely N-dealkylation sites (tertiary alicyclic amines) is 1. The second-order valence-corrected chi connectivity index (χ2v) is 5.48. The van der Waals surface area contributed by atoms with E-state index >= 15 is 0 Å². The van der Waals surface area contributed by atoms with Gasteiger partial charge in [-0.25, -0.2) is 0 Å². The van der Waals surface area contributed by atoms with Crippen LogP contribution in [0.1, 0.15) is 45.4 Å². The summed E-state index contributed by atoms with van der Waals surface area (Å²) >= 11 is 0. The zero-order valence-corrected chi connectivity index (χ0v) is 10.3. The van der Waals surface area contributed by atoms with Crippen LogP contribution in [0.4, 0.5) is 0 Å². The first kappa shape index (κ1) is 11.4. The predicted octanol–water partition coefficient (Wildman–Crippen LogP) is 2.25. The van der Waals surface area contributed by atoms with Crippen LogP contribution in [0.2, 0.25) is 0 Å². The minimum atomic E-state index is 0.764. The summed E-state index contributed by atoms with van der Waals surface area (Å²) in [5.41, 5.74) is 0. The highest BCUT2D eigenvalue weighted by atomic mass is 15.2. The molecule has 0 aromatic carbocycles. The maximum atomic E-state index is 3.41. The molecule has 2 atom stereocenters. The molecule has 2 unspecified atom stereocenters. The van der Waals surface area contributed by atoms with Crippen molar-refractivity contribution in [2.24, 2.45) is 5.92 Å². The van der Waals surface area contributed by atoms with Crippen LogP contribution in [-0.4, -0.2) is 37.1 Å². The summed E-state index contributed by atoms with van der Waals surface area (Å²) in [7, 11) is 2.10. The molecule has 1 aliphatic heterocycles. The van der Waals surface area contributed by atoms with Crippen molar-refractivity contribution in [3.63, 3.8) is 0 Å². The van der Waals surface area contributed by atoms with Gasteiger partial charge >= 0.3 is 0 Å². The van der Waals surface area contributed by atoms with E-state index in [0.29, 0.717) is 0 Å². The highest BCUT2D eigenvalue weighted by molar-refractivity contribution is 4.82. The van der Waals surface area contributed by atoms with Gasteiger partial charge in [0.15, 0.2) is 0 Å². The topological polar surface area (TPSA) is 15.3 Å². The molecule has 0 radical (unpaired) electrons. The maximum Gasteiger partial charge on any atom is 0.00910 e. The summed E-state index contributed by atoms with van der Waals surface area (Å²) < 4.78 is 0. The number of hydrogen-bond acceptors (Lipinski definition) is 2. The maximum absolute atomic E-state index is 3.41. The first-order valence-corrected chi connectivity index (χ1v) is 6.71. The molecular formula is C13H26N2. The number of hydrogen-bond donors (Lipinski definition) is 1. The fourth-order valence-electron chi connectivity index (χ4n) is 2.80. The Kier molecular flexibility index (Phi) is 4.04. The molecular weight excluding hydrogens is 184 g/mol. The van der Waals surface area contributed by atoms with Crippen molar-refractivity contribution in [2.45, 2.75) is 57.5 Å². The van der Waals surface area contributed by atoms with Crippen LogP contribution in [0.3, 0.4) is 0 Å². The summed E-state index contributed by atoms with van der Waals surface area (Å²) in [6, 6.07) is 1.55. The fraction of sp³-hybridized carbons (Fsp3) is 1.00. The van der Waals surface area contributed by atoms with Gasteiger partial charge in [0.25, 0.3) is 0 Å². The van der Waals surface area contributed by atoms with Gasteiger partial charge in [-0.15, -0.1) is 0 Å². The molecule has 1 heterocycles. The highest BCUT2D eigenvalue weighted by Gasteiger charge is 2.25. The molecule has 1 aliphatic carbocycles. The monoisotopic (exact) mass is 210 g/mol. The van der Waals surface area contributed by atoms with Gasteiger partial charge < -0.3 is 10.2 Å². The van der Waals surface area contributed by atoms with Gasteiger partial charge in [0.1, 0.15) is 0 Å². The zero-order chi connectivity index (χ0) is 10.7. The van der Waals surface area contributed by atoms with Crippen molar-refractivity contribution >= 4 is 0 Å². The van der Waals surface area contributed by atoms with Gasteiger partial charge in [0.05, 0.1) is 0 Å². The van der Waals surface area contributed by atoms with Crippen LogP contribution in [-0.2, 0) is 0 Å². The second-order valence-electron chi connectivity index (χ2n) is 5.48. The molecule has 88 valence electrons. The molecule has 0 spiro atoms. The minimum Gasteiger partial charge on any atom is -0.317 e. The predicted molar refractivity (Wildman–Crippen MR) is 65.1 cm³/mol. The molecule has 1 saturated carbocycles. The second kappa shape index (κ2) is 5.31. The average Bonchev–Trinajstić information content (AvgIpc) is 3.04. The van der Waals surface area contributed by atoms with Crippen LogP contribution >= 0.6 is 0 Å². The lowest BCUT2D eigenvalue weighted by Gasteiger charge is -2.37. The lowest BCUT2D eigenvalue weighted by molar-refractivity contribution is 0.136. The average molecular weight is 210 g/mol. The van der Waals surface area contributed by atoms with Crippen molar-refractivity contribution < 1.29 is 0 Å². The summed E-state index contributed by atoms with van der Waals surface area (Å²) in [6.45, 7) is 5.03. The first-order valence-electron chi connectivity index (χ1n) is 6.71. The Balaban J connectivity index is 1.63. The lowest BCUT2D eigenvalue weighted by atomic mass is 9.98. The largest absolute Gasteiger partial charge is 0.317 e. The van der Waals surface area contributed by atoms with Crippen LogP contribution in [0, 0.1) is 5.92 Å².